The Labute approximate surface area is 317 Å². The number of halogens is 3. The van der Waals surface area contributed by atoms with E-state index in [1.165, 1.54) is 24.3 Å². The molecule has 0 saturated heterocycles. The molecule has 54 heavy (non-hydrogen) atoms. The van der Waals surface area contributed by atoms with Crippen LogP contribution < -0.4 is 16.0 Å². The van der Waals surface area contributed by atoms with Crippen molar-refractivity contribution in [3.8, 4) is 0 Å². The van der Waals surface area contributed by atoms with Crippen LogP contribution in [0.3, 0.4) is 0 Å². The monoisotopic (exact) mass is 769 g/mol. The van der Waals surface area contributed by atoms with Crippen LogP contribution in [-0.2, 0) is 36.8 Å². The Balaban J connectivity index is 1.88. The fourth-order valence-electron chi connectivity index (χ4n) is 5.86. The van der Waals surface area contributed by atoms with Crippen molar-refractivity contribution in [2.24, 2.45) is 5.92 Å². The highest BCUT2D eigenvalue weighted by Gasteiger charge is 2.43. The number of alkyl carbamates (subject to hydrolysis) is 1. The molecule has 1 aliphatic heterocycles. The minimum absolute atomic E-state index is 0.00781. The van der Waals surface area contributed by atoms with E-state index < -0.39 is 59.0 Å². The summed E-state index contributed by atoms with van der Waals surface area (Å²) in [6.45, 7) is 12.1. The third-order valence-corrected chi connectivity index (χ3v) is 9.42. The van der Waals surface area contributed by atoms with Gasteiger partial charge in [0.2, 0.25) is 0 Å². The molecule has 3 aromatic rings. The number of hydrogen-bond donors (Lipinski definition) is 3. The zero-order chi connectivity index (χ0) is 39.7. The summed E-state index contributed by atoms with van der Waals surface area (Å²) in [6.07, 6.45) is -0.173. The number of ether oxygens (including phenoxy) is 3. The summed E-state index contributed by atoms with van der Waals surface area (Å²) in [6, 6.07) is 11.5. The summed E-state index contributed by atoms with van der Waals surface area (Å²) in [5.74, 6) is -5.92. The maximum atomic E-state index is 14.1. The van der Waals surface area contributed by atoms with Crippen molar-refractivity contribution >= 4 is 35.3 Å². The zero-order valence-electron chi connectivity index (χ0n) is 31.4. The number of hydrogen-bond acceptors (Lipinski definition) is 9. The number of nitrogens with one attached hydrogen (secondary N) is 3. The minimum atomic E-state index is -1.12. The molecule has 14 heteroatoms. The molecule has 4 rings (SSSR count). The number of thiophene rings is 1. The van der Waals surface area contributed by atoms with Gasteiger partial charge in [-0.1, -0.05) is 32.0 Å². The van der Waals surface area contributed by atoms with Gasteiger partial charge in [-0.3, -0.25) is 4.79 Å². The summed E-state index contributed by atoms with van der Waals surface area (Å²) < 4.78 is 57.8. The quantitative estimate of drug-likeness (QED) is 0.113. The lowest BCUT2D eigenvalue weighted by molar-refractivity contribution is -0.139. The number of dihydropyridines is 1. The summed E-state index contributed by atoms with van der Waals surface area (Å²) >= 11 is 1.02. The van der Waals surface area contributed by atoms with E-state index in [1.807, 2.05) is 13.8 Å². The molecule has 2 amide bonds. The first-order valence-electron chi connectivity index (χ1n) is 17.7. The van der Waals surface area contributed by atoms with Gasteiger partial charge in [0, 0.05) is 22.8 Å². The van der Waals surface area contributed by atoms with Crippen LogP contribution >= 0.6 is 11.3 Å². The molecule has 0 radical (unpaired) electrons. The molecular formula is C40H46F3N3O7S. The Morgan fingerprint density at radius 1 is 0.833 bits per heavy atom. The first-order valence-corrected chi connectivity index (χ1v) is 18.5. The van der Waals surface area contributed by atoms with Gasteiger partial charge < -0.3 is 30.2 Å². The van der Waals surface area contributed by atoms with Crippen molar-refractivity contribution in [2.75, 3.05) is 13.2 Å². The molecule has 290 valence electrons. The normalized spacial score (nSPS) is 15.1. The fourth-order valence-corrected chi connectivity index (χ4v) is 6.91. The predicted octanol–water partition coefficient (Wildman–Crippen LogP) is 7.60. The highest BCUT2D eigenvalue weighted by atomic mass is 32.1. The largest absolute Gasteiger partial charge is 0.463 e. The number of carbonyl (C=O) groups excluding carboxylic acids is 4. The molecule has 1 aliphatic rings. The van der Waals surface area contributed by atoms with Gasteiger partial charge in [0.15, 0.2) is 11.6 Å². The third kappa shape index (κ3) is 10.7. The first-order chi connectivity index (χ1) is 25.5. The zero-order valence-corrected chi connectivity index (χ0v) is 32.2. The third-order valence-electron chi connectivity index (χ3n) is 8.27. The maximum Gasteiger partial charge on any atom is 0.408 e. The van der Waals surface area contributed by atoms with Crippen molar-refractivity contribution in [3.63, 3.8) is 0 Å². The SMILES string of the molecule is CCOC(=O)C1=C(CCc2ccc(F)cc2)NC([C@@H](NC(=O)OC(C)(C)C)C(C)C)=C(C(=O)OCC)C1c1ccc(C(=O)NCc2ccc(F)c(F)c2)s1. The minimum Gasteiger partial charge on any atom is -0.463 e. The molecule has 0 aliphatic carbocycles. The van der Waals surface area contributed by atoms with Crippen molar-refractivity contribution in [1.29, 1.82) is 0 Å². The lowest BCUT2D eigenvalue weighted by atomic mass is 9.80. The maximum absolute atomic E-state index is 14.1. The van der Waals surface area contributed by atoms with Crippen molar-refractivity contribution in [3.05, 3.63) is 115 Å². The smallest absolute Gasteiger partial charge is 0.408 e. The number of rotatable bonds is 14. The topological polar surface area (TPSA) is 132 Å². The molecule has 10 nitrogen and oxygen atoms in total. The average molecular weight is 770 g/mol. The van der Waals surface area contributed by atoms with E-state index in [0.29, 0.717) is 22.6 Å². The number of benzene rings is 2. The van der Waals surface area contributed by atoms with Gasteiger partial charge in [-0.05, 0) is 101 Å². The number of amides is 2. The molecule has 1 aromatic heterocycles. The van der Waals surface area contributed by atoms with Gasteiger partial charge in [0.05, 0.1) is 41.2 Å². The molecule has 2 atom stereocenters. The first kappa shape index (κ1) is 41.6. The van der Waals surface area contributed by atoms with E-state index in [0.717, 1.165) is 29.0 Å². The molecule has 3 N–H and O–H groups in total. The van der Waals surface area contributed by atoms with Crippen LogP contribution in [0.2, 0.25) is 0 Å². The standard InChI is InChI=1S/C40H46F3N3O7S/c1-8-51-37(48)31-28(17-13-23-10-14-25(41)15-11-23)45-35(34(22(3)4)46-39(50)53-40(5,6)7)33(38(49)52-9-2)32(31)29-18-19-30(54-29)36(47)44-21-24-12-16-26(42)27(43)20-24/h10-12,14-16,18-20,22,32,34,45H,8-9,13,17,21H2,1-7H3,(H,44,47)(H,46,50)/t32?,34-/m0/s1. The van der Waals surface area contributed by atoms with Gasteiger partial charge in [-0.2, -0.15) is 0 Å². The lowest BCUT2D eigenvalue weighted by Gasteiger charge is -2.36. The summed E-state index contributed by atoms with van der Waals surface area (Å²) in [5.41, 5.74) is 1.06. The molecule has 2 aromatic carbocycles. The van der Waals surface area contributed by atoms with Crippen LogP contribution in [0.4, 0.5) is 18.0 Å². The van der Waals surface area contributed by atoms with Gasteiger partial charge in [0.25, 0.3) is 5.91 Å². The Hall–Kier alpha value is -5.11. The molecular weight excluding hydrogens is 724 g/mol. The van der Waals surface area contributed by atoms with E-state index >= 15 is 0 Å². The van der Waals surface area contributed by atoms with Gasteiger partial charge in [0.1, 0.15) is 11.4 Å². The molecule has 0 fully saturated rings. The molecule has 0 bridgehead atoms. The summed E-state index contributed by atoms with van der Waals surface area (Å²) in [5, 5.41) is 8.91. The second kappa shape index (κ2) is 18.3. The molecule has 1 unspecified atom stereocenters. The van der Waals surface area contributed by atoms with E-state index in [2.05, 4.69) is 16.0 Å². The van der Waals surface area contributed by atoms with Crippen LogP contribution in [0.15, 0.2) is 77.1 Å². The van der Waals surface area contributed by atoms with Crippen LogP contribution in [-0.4, -0.2) is 48.8 Å². The second-order valence-corrected chi connectivity index (χ2v) is 15.0. The highest BCUT2D eigenvalue weighted by Crippen LogP contribution is 2.44. The highest BCUT2D eigenvalue weighted by molar-refractivity contribution is 7.14. The molecule has 0 saturated carbocycles. The number of esters is 2. The van der Waals surface area contributed by atoms with Gasteiger partial charge in [-0.15, -0.1) is 11.3 Å². The van der Waals surface area contributed by atoms with Gasteiger partial charge in [-0.25, -0.2) is 27.6 Å². The van der Waals surface area contributed by atoms with E-state index in [-0.39, 0.29) is 53.8 Å². The van der Waals surface area contributed by atoms with Crippen molar-refractivity contribution in [2.45, 2.75) is 85.4 Å². The van der Waals surface area contributed by atoms with E-state index in [9.17, 15) is 32.3 Å². The van der Waals surface area contributed by atoms with Crippen LogP contribution in [0, 0.1) is 23.4 Å². The lowest BCUT2D eigenvalue weighted by Crippen LogP contribution is -2.48. The van der Waals surface area contributed by atoms with Crippen LogP contribution in [0.1, 0.15) is 86.5 Å². The number of allylic oxidation sites excluding steroid dienone is 1. The van der Waals surface area contributed by atoms with E-state index in [1.54, 1.807) is 52.8 Å². The summed E-state index contributed by atoms with van der Waals surface area (Å²) in [7, 11) is 0. The van der Waals surface area contributed by atoms with Crippen LogP contribution in [0.5, 0.6) is 0 Å². The Morgan fingerprint density at radius 3 is 2.06 bits per heavy atom. The summed E-state index contributed by atoms with van der Waals surface area (Å²) in [4.78, 5) is 55.3. The second-order valence-electron chi connectivity index (χ2n) is 13.8. The van der Waals surface area contributed by atoms with Crippen molar-refractivity contribution in [1.82, 2.24) is 16.0 Å². The van der Waals surface area contributed by atoms with E-state index in [4.69, 9.17) is 14.2 Å². The fraction of sp³-hybridized carbons (Fsp3) is 0.400. The Kier molecular flexibility index (Phi) is 14.1. The Bertz CT molecular complexity index is 1920. The predicted molar refractivity (Wildman–Crippen MR) is 198 cm³/mol. The molecule has 2 heterocycles. The molecule has 0 spiro atoms. The van der Waals surface area contributed by atoms with Crippen LogP contribution in [0.25, 0.3) is 0 Å². The number of aryl methyl sites for hydroxylation is 1. The average Bonchev–Trinajstić information content (AvgIpc) is 3.60. The Morgan fingerprint density at radius 2 is 1.46 bits per heavy atom. The number of carbonyl (C=O) groups is 4. The van der Waals surface area contributed by atoms with Gasteiger partial charge >= 0.3 is 18.0 Å². The van der Waals surface area contributed by atoms with Crippen molar-refractivity contribution < 1.29 is 46.6 Å².